The van der Waals surface area contributed by atoms with Crippen molar-refractivity contribution in [3.63, 3.8) is 0 Å². The summed E-state index contributed by atoms with van der Waals surface area (Å²) in [5.41, 5.74) is 2.60. The van der Waals surface area contributed by atoms with Crippen LogP contribution >= 0.6 is 11.3 Å². The molecule has 57 heavy (non-hydrogen) atoms. The predicted octanol–water partition coefficient (Wildman–Crippen LogP) is 5.38. The first-order chi connectivity index (χ1) is 26.9. The average molecular weight is 824 g/mol. The molecule has 2 aliphatic heterocycles. The maximum atomic E-state index is 14.6. The van der Waals surface area contributed by atoms with Crippen LogP contribution in [0.3, 0.4) is 0 Å². The lowest BCUT2D eigenvalue weighted by atomic mass is 10.0. The van der Waals surface area contributed by atoms with Crippen LogP contribution < -0.4 is 20.1 Å². The number of nitrogens with zero attached hydrogens (tertiary/aromatic N) is 4. The van der Waals surface area contributed by atoms with Crippen LogP contribution in [0.1, 0.15) is 105 Å². The van der Waals surface area contributed by atoms with Gasteiger partial charge in [0.15, 0.2) is 0 Å². The summed E-state index contributed by atoms with van der Waals surface area (Å²) in [7, 11) is -4.00. The zero-order valence-corrected chi connectivity index (χ0v) is 35.0. The Balaban J connectivity index is 1.22. The molecule has 2 saturated carbocycles. The zero-order chi connectivity index (χ0) is 40.9. The molecule has 308 valence electrons. The number of carbonyl (C=O) groups is 4. The second-order valence-corrected chi connectivity index (χ2v) is 20.2. The lowest BCUT2D eigenvalue weighted by Crippen LogP contribution is -2.58. The number of rotatable bonds is 8. The standard InChI is InChI=1S/C40H53N7O8S2/c1-24(2)47-30-16-12-14-27(29-22-56-23-41-29)32(30)43-36(47)54-26-19-31-33(48)44-40(35(50)45-57(52,53)39(6)17-18-39)20-25(40)13-10-8-7-9-11-15-28(34(49)46(31)21-26)42-37(51)55-38(3,4)5/h10,12-14,16,22-26,28,31H,7-9,11,15,17-21H2,1-6H3,(H,42,51)(H,44,48)(H,45,50)/b13-10-/t25-,26-,28+,31+,40-/m1/s1. The van der Waals surface area contributed by atoms with Crippen molar-refractivity contribution in [1.82, 2.24) is 34.8 Å². The number of hydrogen-bond donors (Lipinski definition) is 3. The Kier molecular flexibility index (Phi) is 11.0. The van der Waals surface area contributed by atoms with Crippen molar-refractivity contribution in [2.45, 2.75) is 139 Å². The number of alkyl carbamates (subject to hydrolysis) is 1. The molecule has 15 nitrogen and oxygen atoms in total. The highest BCUT2D eigenvalue weighted by atomic mass is 32.2. The Morgan fingerprint density at radius 2 is 1.89 bits per heavy atom. The largest absolute Gasteiger partial charge is 0.459 e. The van der Waals surface area contributed by atoms with Crippen LogP contribution in [-0.4, -0.2) is 92.3 Å². The van der Waals surface area contributed by atoms with Crippen molar-refractivity contribution < 1.29 is 37.1 Å². The van der Waals surface area contributed by atoms with Crippen LogP contribution in [0, 0.1) is 5.92 Å². The number of nitrogens with one attached hydrogen (secondary N) is 3. The normalized spacial score (nSPS) is 27.0. The molecule has 1 saturated heterocycles. The number of allylic oxidation sites excluding steroid dienone is 1. The highest BCUT2D eigenvalue weighted by Gasteiger charge is 2.63. The first kappa shape index (κ1) is 40.7. The summed E-state index contributed by atoms with van der Waals surface area (Å²) in [5.74, 6) is -2.34. The summed E-state index contributed by atoms with van der Waals surface area (Å²) in [5, 5.41) is 7.63. The van der Waals surface area contributed by atoms with E-state index in [1.165, 1.54) is 16.2 Å². The molecule has 3 N–H and O–H groups in total. The number of aromatic nitrogens is 3. The lowest BCUT2D eigenvalue weighted by molar-refractivity contribution is -0.141. The number of amides is 4. The Bertz CT molecular complexity index is 2170. The maximum absolute atomic E-state index is 14.6. The number of carbonyl (C=O) groups excluding carboxylic acids is 4. The van der Waals surface area contributed by atoms with Gasteiger partial charge in [-0.1, -0.05) is 37.1 Å². The van der Waals surface area contributed by atoms with Crippen LogP contribution in [0.25, 0.3) is 22.3 Å². The van der Waals surface area contributed by atoms with E-state index in [1.54, 1.807) is 33.2 Å². The summed E-state index contributed by atoms with van der Waals surface area (Å²) >= 11 is 1.48. The van der Waals surface area contributed by atoms with Gasteiger partial charge in [-0.2, -0.15) is 4.98 Å². The number of thiazole rings is 1. The molecule has 5 atom stereocenters. The van der Waals surface area contributed by atoms with Gasteiger partial charge in [0.2, 0.25) is 21.8 Å². The van der Waals surface area contributed by atoms with Gasteiger partial charge in [0, 0.05) is 29.3 Å². The summed E-state index contributed by atoms with van der Waals surface area (Å²) in [6.45, 7) is 10.8. The van der Waals surface area contributed by atoms with Gasteiger partial charge in [-0.05, 0) is 86.1 Å². The van der Waals surface area contributed by atoms with Gasteiger partial charge in [-0.15, -0.1) is 11.3 Å². The molecule has 7 rings (SSSR count). The zero-order valence-electron chi connectivity index (χ0n) is 33.4. The van der Waals surface area contributed by atoms with Crippen molar-refractivity contribution in [3.05, 3.63) is 41.2 Å². The fourth-order valence-corrected chi connectivity index (χ4v) is 9.64. The quantitative estimate of drug-likeness (QED) is 0.249. The molecule has 0 radical (unpaired) electrons. The topological polar surface area (TPSA) is 191 Å². The molecule has 4 aliphatic rings. The molecule has 0 unspecified atom stereocenters. The fraction of sp³-hybridized carbons (Fsp3) is 0.600. The van der Waals surface area contributed by atoms with Crippen molar-refractivity contribution in [3.8, 4) is 17.3 Å². The van der Waals surface area contributed by atoms with Gasteiger partial charge in [0.25, 0.3) is 11.9 Å². The number of fused-ring (bicyclic) bond motifs is 3. The Morgan fingerprint density at radius 1 is 1.12 bits per heavy atom. The van der Waals surface area contributed by atoms with Gasteiger partial charge >= 0.3 is 6.09 Å². The van der Waals surface area contributed by atoms with Gasteiger partial charge in [0.1, 0.15) is 34.8 Å². The minimum atomic E-state index is -4.00. The molecular weight excluding hydrogens is 771 g/mol. The molecule has 3 fully saturated rings. The minimum absolute atomic E-state index is 0.0150. The molecule has 0 spiro atoms. The Labute approximate surface area is 337 Å². The average Bonchev–Trinajstić information content (AvgIpc) is 3.77. The van der Waals surface area contributed by atoms with Crippen LogP contribution in [0.15, 0.2) is 41.2 Å². The van der Waals surface area contributed by atoms with Crippen molar-refractivity contribution >= 4 is 56.2 Å². The second kappa shape index (κ2) is 15.3. The first-order valence-electron chi connectivity index (χ1n) is 19.8. The molecule has 4 heterocycles. The minimum Gasteiger partial charge on any atom is -0.459 e. The Hall–Kier alpha value is -4.51. The number of sulfonamides is 1. The van der Waals surface area contributed by atoms with E-state index in [2.05, 4.69) is 20.3 Å². The van der Waals surface area contributed by atoms with Crippen LogP contribution in [0.5, 0.6) is 6.01 Å². The van der Waals surface area contributed by atoms with Crippen molar-refractivity contribution in [1.29, 1.82) is 0 Å². The highest BCUT2D eigenvalue weighted by Crippen LogP contribution is 2.47. The second-order valence-electron chi connectivity index (χ2n) is 17.3. The monoisotopic (exact) mass is 823 g/mol. The third-order valence-electron chi connectivity index (χ3n) is 11.4. The van der Waals surface area contributed by atoms with Gasteiger partial charge < -0.3 is 25.0 Å². The molecule has 17 heteroatoms. The molecule has 3 aromatic rings. The highest BCUT2D eigenvalue weighted by molar-refractivity contribution is 7.91. The van der Waals surface area contributed by atoms with E-state index in [0.29, 0.717) is 43.6 Å². The van der Waals surface area contributed by atoms with E-state index >= 15 is 0 Å². The lowest BCUT2D eigenvalue weighted by Gasteiger charge is -2.30. The summed E-state index contributed by atoms with van der Waals surface area (Å²) < 4.78 is 41.8. The molecule has 2 aliphatic carbocycles. The number of imidazole rings is 1. The van der Waals surface area contributed by atoms with Crippen molar-refractivity contribution in [2.75, 3.05) is 6.54 Å². The SMILES string of the molecule is CC(C)n1c(O[C@@H]2C[C@H]3C(=O)N[C@]4(C(=O)NS(=O)(=O)C5(C)CC5)C[C@H]4/C=C\CCCCC[C@H](NC(=O)OC(C)(C)C)C(=O)N3C2)nc2c(-c3cscn3)cccc21. The first-order valence-corrected chi connectivity index (χ1v) is 22.3. The van der Waals surface area contributed by atoms with Crippen molar-refractivity contribution in [2.24, 2.45) is 5.92 Å². The van der Waals surface area contributed by atoms with Crippen LogP contribution in [0.4, 0.5) is 4.79 Å². The van der Waals surface area contributed by atoms with Gasteiger partial charge in [0.05, 0.1) is 28.0 Å². The number of ether oxygens (including phenoxy) is 2. The third-order valence-corrected chi connectivity index (χ3v) is 14.1. The van der Waals surface area contributed by atoms with Gasteiger partial charge in [-0.25, -0.2) is 18.2 Å². The molecule has 0 bridgehead atoms. The summed E-state index contributed by atoms with van der Waals surface area (Å²) in [6, 6.07) is 3.97. The van der Waals surface area contributed by atoms with E-state index in [0.717, 1.165) is 29.6 Å². The number of benzene rings is 1. The third kappa shape index (κ3) is 8.41. The molecular formula is C40H53N7O8S2. The van der Waals surface area contributed by atoms with E-state index in [9.17, 15) is 27.6 Å². The Morgan fingerprint density at radius 3 is 2.58 bits per heavy atom. The van der Waals surface area contributed by atoms with Crippen LogP contribution in [-0.2, 0) is 29.1 Å². The van der Waals surface area contributed by atoms with E-state index < -0.39 is 73.8 Å². The molecule has 2 aromatic heterocycles. The smallest absolute Gasteiger partial charge is 0.408 e. The maximum Gasteiger partial charge on any atom is 0.408 e. The number of para-hydroxylation sites is 1. The van der Waals surface area contributed by atoms with E-state index in [-0.39, 0.29) is 25.4 Å². The molecule has 1 aromatic carbocycles. The summed E-state index contributed by atoms with van der Waals surface area (Å²) in [4.78, 5) is 67.0. The van der Waals surface area contributed by atoms with Crippen LogP contribution in [0.2, 0.25) is 0 Å². The predicted molar refractivity (Wildman–Crippen MR) is 215 cm³/mol. The number of hydrogen-bond acceptors (Lipinski definition) is 11. The summed E-state index contributed by atoms with van der Waals surface area (Å²) in [6.07, 6.45) is 6.67. The van der Waals surface area contributed by atoms with Gasteiger partial charge in [-0.3, -0.25) is 23.7 Å². The molecule has 4 amide bonds. The fourth-order valence-electron chi connectivity index (χ4n) is 7.78. The van der Waals surface area contributed by atoms with E-state index in [4.69, 9.17) is 14.5 Å². The van der Waals surface area contributed by atoms with E-state index in [1.807, 2.05) is 54.1 Å².